The van der Waals surface area contributed by atoms with Crippen molar-refractivity contribution in [2.45, 2.75) is 33.1 Å². The van der Waals surface area contributed by atoms with Crippen LogP contribution in [0.1, 0.15) is 45.0 Å². The number of rotatable bonds is 5. The molecule has 2 aromatic heterocycles. The number of aromatic nitrogens is 3. The monoisotopic (exact) mass is 605 g/mol. The summed E-state index contributed by atoms with van der Waals surface area (Å²) in [5, 5.41) is 0. The minimum Gasteiger partial charge on any atom is -0.261 e. The fourth-order valence-electron chi connectivity index (χ4n) is 7.72. The molecular formula is C44H35N3. The van der Waals surface area contributed by atoms with Gasteiger partial charge in [0.25, 0.3) is 0 Å². The van der Waals surface area contributed by atoms with E-state index in [4.69, 9.17) is 4.98 Å². The van der Waals surface area contributed by atoms with E-state index >= 15 is 0 Å². The van der Waals surface area contributed by atoms with Crippen LogP contribution in [-0.2, 0) is 5.41 Å². The molecule has 0 unspecified atom stereocenters. The maximum Gasteiger partial charge on any atom is 0.126 e. The Morgan fingerprint density at radius 2 is 1.06 bits per heavy atom. The first-order chi connectivity index (χ1) is 22.9. The Balaban J connectivity index is 1.37. The predicted octanol–water partition coefficient (Wildman–Crippen LogP) is 10.5. The average molecular weight is 606 g/mol. The van der Waals surface area contributed by atoms with Gasteiger partial charge in [-0.05, 0) is 114 Å². The summed E-state index contributed by atoms with van der Waals surface area (Å²) in [5.41, 5.74) is 17.1. The Morgan fingerprint density at radius 1 is 0.489 bits per heavy atom. The highest BCUT2D eigenvalue weighted by Gasteiger charge is 2.46. The van der Waals surface area contributed by atoms with Gasteiger partial charge in [-0.15, -0.1) is 0 Å². The molecule has 8 rings (SSSR count). The third kappa shape index (κ3) is 4.70. The summed E-state index contributed by atoms with van der Waals surface area (Å²) in [6.07, 6.45) is 1.89. The molecule has 1 aliphatic carbocycles. The zero-order valence-electron chi connectivity index (χ0n) is 27.1. The molecule has 0 saturated carbocycles. The first-order valence-electron chi connectivity index (χ1n) is 16.2. The van der Waals surface area contributed by atoms with E-state index in [9.17, 15) is 0 Å². The van der Waals surface area contributed by atoms with Crippen LogP contribution in [0.4, 0.5) is 0 Å². The molecule has 0 fully saturated rings. The van der Waals surface area contributed by atoms with Crippen LogP contribution in [0.3, 0.4) is 0 Å². The molecule has 47 heavy (non-hydrogen) atoms. The Bertz CT molecular complexity index is 2230. The van der Waals surface area contributed by atoms with Crippen LogP contribution in [0.2, 0.25) is 0 Å². The summed E-state index contributed by atoms with van der Waals surface area (Å²) >= 11 is 0. The van der Waals surface area contributed by atoms with Crippen LogP contribution in [0, 0.1) is 27.7 Å². The highest BCUT2D eigenvalue weighted by molar-refractivity contribution is 5.87. The molecule has 0 N–H and O–H groups in total. The third-order valence-electron chi connectivity index (χ3n) is 9.64. The lowest BCUT2D eigenvalue weighted by Gasteiger charge is -2.34. The second kappa shape index (κ2) is 11.3. The van der Waals surface area contributed by atoms with Gasteiger partial charge in [-0.3, -0.25) is 4.98 Å². The zero-order chi connectivity index (χ0) is 32.1. The largest absolute Gasteiger partial charge is 0.261 e. The summed E-state index contributed by atoms with van der Waals surface area (Å²) in [5.74, 6) is 0.781. The molecule has 0 aliphatic heterocycles. The van der Waals surface area contributed by atoms with Gasteiger partial charge < -0.3 is 0 Å². The Morgan fingerprint density at radius 3 is 1.72 bits per heavy atom. The van der Waals surface area contributed by atoms with Crippen LogP contribution >= 0.6 is 0 Å². The first-order valence-corrected chi connectivity index (χ1v) is 16.2. The van der Waals surface area contributed by atoms with Crippen LogP contribution in [0.15, 0.2) is 140 Å². The smallest absolute Gasteiger partial charge is 0.126 e. The minimum absolute atomic E-state index is 0.523. The summed E-state index contributed by atoms with van der Waals surface area (Å²) in [4.78, 5) is 14.0. The number of hydrogen-bond acceptors (Lipinski definition) is 3. The van der Waals surface area contributed by atoms with E-state index in [0.29, 0.717) is 0 Å². The maximum atomic E-state index is 4.84. The summed E-state index contributed by atoms with van der Waals surface area (Å²) < 4.78 is 0. The van der Waals surface area contributed by atoms with E-state index in [1.54, 1.807) is 0 Å². The van der Waals surface area contributed by atoms with Gasteiger partial charge in [-0.2, -0.15) is 0 Å². The van der Waals surface area contributed by atoms with E-state index in [1.807, 2.05) is 20.0 Å². The SMILES string of the molecule is Cc1cc(-c2cccc(C3(c4cccc(-c5cccc(-c6c(C)ccnc6C)c5)c4)c4ccccc4-c4ccccc43)c2)nc(C)n1. The Labute approximate surface area is 276 Å². The van der Waals surface area contributed by atoms with Gasteiger partial charge >= 0.3 is 0 Å². The lowest BCUT2D eigenvalue weighted by Crippen LogP contribution is -2.28. The van der Waals surface area contributed by atoms with Crippen molar-refractivity contribution in [3.63, 3.8) is 0 Å². The molecule has 3 nitrogen and oxygen atoms in total. The Kier molecular flexibility index (Phi) is 6.91. The summed E-state index contributed by atoms with van der Waals surface area (Å²) in [6, 6.07) is 48.9. The summed E-state index contributed by atoms with van der Waals surface area (Å²) in [7, 11) is 0. The quantitative estimate of drug-likeness (QED) is 0.196. The number of benzene rings is 5. The number of hydrogen-bond donors (Lipinski definition) is 0. The van der Waals surface area contributed by atoms with E-state index < -0.39 is 5.41 Å². The fourth-order valence-corrected chi connectivity index (χ4v) is 7.72. The van der Waals surface area contributed by atoms with Crippen LogP contribution in [0.25, 0.3) is 44.6 Å². The van der Waals surface area contributed by atoms with E-state index in [0.717, 1.165) is 28.5 Å². The standard InChI is InChI=1S/C44H35N3/c1-28-22-23-45-30(3)43(28)35-15-9-12-32(25-35)33-13-10-16-36(26-33)44(40-20-7-5-18-38(40)39-19-6-8-21-41(39)44)37-17-11-14-34(27-37)42-24-29(2)46-31(4)47-42/h5-27H,1-4H3. The van der Waals surface area contributed by atoms with Crippen molar-refractivity contribution in [1.29, 1.82) is 0 Å². The van der Waals surface area contributed by atoms with Crippen molar-refractivity contribution in [2.75, 3.05) is 0 Å². The van der Waals surface area contributed by atoms with Gasteiger partial charge in [0, 0.05) is 28.7 Å². The third-order valence-corrected chi connectivity index (χ3v) is 9.64. The Hall–Kier alpha value is -5.67. The lowest BCUT2D eigenvalue weighted by molar-refractivity contribution is 0.769. The maximum absolute atomic E-state index is 4.84. The van der Waals surface area contributed by atoms with Crippen molar-refractivity contribution in [2.24, 2.45) is 0 Å². The van der Waals surface area contributed by atoms with Gasteiger partial charge in [0.15, 0.2) is 0 Å². The molecule has 0 spiro atoms. The topological polar surface area (TPSA) is 38.7 Å². The van der Waals surface area contributed by atoms with E-state index in [2.05, 4.69) is 157 Å². The zero-order valence-corrected chi connectivity index (χ0v) is 27.1. The number of fused-ring (bicyclic) bond motifs is 3. The number of nitrogens with zero attached hydrogens (tertiary/aromatic N) is 3. The van der Waals surface area contributed by atoms with Crippen molar-refractivity contribution in [3.8, 4) is 44.6 Å². The second-order valence-corrected chi connectivity index (χ2v) is 12.6. The number of pyridine rings is 1. The lowest BCUT2D eigenvalue weighted by atomic mass is 9.67. The highest BCUT2D eigenvalue weighted by Crippen LogP contribution is 2.56. The van der Waals surface area contributed by atoms with Crippen molar-refractivity contribution in [3.05, 3.63) is 185 Å². The van der Waals surface area contributed by atoms with Crippen molar-refractivity contribution < 1.29 is 0 Å². The van der Waals surface area contributed by atoms with Gasteiger partial charge in [0.05, 0.1) is 11.1 Å². The van der Waals surface area contributed by atoms with Crippen molar-refractivity contribution in [1.82, 2.24) is 15.0 Å². The molecule has 2 heterocycles. The van der Waals surface area contributed by atoms with E-state index in [1.165, 1.54) is 61.2 Å². The molecule has 0 atom stereocenters. The molecule has 5 aromatic carbocycles. The van der Waals surface area contributed by atoms with Crippen molar-refractivity contribution >= 4 is 0 Å². The summed E-state index contributed by atoms with van der Waals surface area (Å²) in [6.45, 7) is 8.24. The highest BCUT2D eigenvalue weighted by atomic mass is 14.9. The van der Waals surface area contributed by atoms with Crippen LogP contribution in [0.5, 0.6) is 0 Å². The molecule has 0 radical (unpaired) electrons. The van der Waals surface area contributed by atoms with Gasteiger partial charge in [0.1, 0.15) is 5.82 Å². The molecule has 0 bridgehead atoms. The molecule has 226 valence electrons. The number of aryl methyl sites for hydroxylation is 4. The second-order valence-electron chi connectivity index (χ2n) is 12.6. The van der Waals surface area contributed by atoms with Gasteiger partial charge in [-0.25, -0.2) is 9.97 Å². The predicted molar refractivity (Wildman–Crippen MR) is 192 cm³/mol. The fraction of sp³-hybridized carbons (Fsp3) is 0.114. The molecule has 0 saturated heterocycles. The first kappa shape index (κ1) is 28.8. The molecular weight excluding hydrogens is 571 g/mol. The molecule has 1 aliphatic rings. The van der Waals surface area contributed by atoms with Crippen LogP contribution in [-0.4, -0.2) is 15.0 Å². The van der Waals surface area contributed by atoms with Crippen LogP contribution < -0.4 is 0 Å². The average Bonchev–Trinajstić information content (AvgIpc) is 3.39. The van der Waals surface area contributed by atoms with E-state index in [-0.39, 0.29) is 0 Å². The molecule has 7 aromatic rings. The molecule has 0 amide bonds. The normalized spacial score (nSPS) is 12.9. The van der Waals surface area contributed by atoms with Gasteiger partial charge in [0.2, 0.25) is 0 Å². The molecule has 3 heteroatoms. The minimum atomic E-state index is -0.523. The van der Waals surface area contributed by atoms with Gasteiger partial charge in [-0.1, -0.05) is 103 Å².